The largest absolute Gasteiger partial charge is 0.494 e. The van der Waals surface area contributed by atoms with E-state index >= 15 is 0 Å². The molecule has 0 amide bonds. The van der Waals surface area contributed by atoms with Gasteiger partial charge in [-0.05, 0) is 68.9 Å². The highest BCUT2D eigenvalue weighted by molar-refractivity contribution is 5.74. The van der Waals surface area contributed by atoms with Gasteiger partial charge in [-0.25, -0.2) is 4.79 Å². The molecule has 1 heterocycles. The van der Waals surface area contributed by atoms with Gasteiger partial charge in [-0.3, -0.25) is 0 Å². The molecule has 3 rings (SSSR count). The number of ether oxygens (including phenoxy) is 2. The van der Waals surface area contributed by atoms with Crippen LogP contribution in [0.4, 0.5) is 0 Å². The summed E-state index contributed by atoms with van der Waals surface area (Å²) in [4.78, 5) is 10.8. The number of carbonyl (C=O) groups is 1. The van der Waals surface area contributed by atoms with E-state index in [0.717, 1.165) is 50.9 Å². The number of para-hydroxylation sites is 1. The molecular formula is C23H32O6. The lowest BCUT2D eigenvalue weighted by Crippen LogP contribution is -2.38. The lowest BCUT2D eigenvalue weighted by atomic mass is 9.85. The summed E-state index contributed by atoms with van der Waals surface area (Å²) in [5, 5.41) is 27.6. The predicted octanol–water partition coefficient (Wildman–Crippen LogP) is 3.52. The maximum absolute atomic E-state index is 10.8. The molecule has 2 aliphatic rings. The second kappa shape index (κ2) is 9.74. The number of hydrogen-bond acceptors (Lipinski definition) is 5. The monoisotopic (exact) mass is 404 g/mol. The molecule has 160 valence electrons. The van der Waals surface area contributed by atoms with E-state index in [1.165, 1.54) is 5.57 Å². The zero-order chi connectivity index (χ0) is 20.9. The third-order valence-electron chi connectivity index (χ3n) is 6.20. The van der Waals surface area contributed by atoms with Gasteiger partial charge < -0.3 is 24.8 Å². The van der Waals surface area contributed by atoms with Crippen molar-refractivity contribution in [2.24, 2.45) is 11.8 Å². The second-order valence-electron chi connectivity index (χ2n) is 8.33. The first-order valence-electron chi connectivity index (χ1n) is 10.6. The molecule has 1 unspecified atom stereocenters. The highest BCUT2D eigenvalue weighted by Crippen LogP contribution is 2.45. The number of allylic oxidation sites excluding steroid dienone is 1. The van der Waals surface area contributed by atoms with Gasteiger partial charge in [0.2, 0.25) is 0 Å². The molecule has 1 aromatic rings. The van der Waals surface area contributed by atoms with E-state index in [1.807, 2.05) is 30.3 Å². The van der Waals surface area contributed by atoms with Gasteiger partial charge in [0.05, 0.1) is 18.8 Å². The van der Waals surface area contributed by atoms with Crippen molar-refractivity contribution in [2.75, 3.05) is 6.61 Å². The Morgan fingerprint density at radius 2 is 1.93 bits per heavy atom. The highest BCUT2D eigenvalue weighted by atomic mass is 16.6. The number of rotatable bonds is 12. The van der Waals surface area contributed by atoms with E-state index in [0.29, 0.717) is 18.3 Å². The fourth-order valence-electron chi connectivity index (χ4n) is 4.35. The summed E-state index contributed by atoms with van der Waals surface area (Å²) < 4.78 is 11.4. The van der Waals surface area contributed by atoms with Crippen molar-refractivity contribution >= 4 is 5.97 Å². The van der Waals surface area contributed by atoms with Crippen LogP contribution in [0.2, 0.25) is 0 Å². The van der Waals surface area contributed by atoms with E-state index in [1.54, 1.807) is 0 Å². The van der Waals surface area contributed by atoms with Crippen LogP contribution in [0.25, 0.3) is 0 Å². The topological polar surface area (TPSA) is 99.5 Å². The first kappa shape index (κ1) is 21.8. The Morgan fingerprint density at radius 1 is 1.17 bits per heavy atom. The van der Waals surface area contributed by atoms with Crippen LogP contribution in [-0.4, -0.2) is 45.9 Å². The van der Waals surface area contributed by atoms with E-state index in [2.05, 4.69) is 6.58 Å². The van der Waals surface area contributed by atoms with Crippen molar-refractivity contribution in [1.29, 1.82) is 0 Å². The summed E-state index contributed by atoms with van der Waals surface area (Å²) in [7, 11) is 0. The fraction of sp³-hybridized carbons (Fsp3) is 0.609. The summed E-state index contributed by atoms with van der Waals surface area (Å²) in [6.45, 7) is 4.97. The van der Waals surface area contributed by atoms with Crippen LogP contribution in [0.3, 0.4) is 0 Å². The normalized spacial score (nSPS) is 26.5. The summed E-state index contributed by atoms with van der Waals surface area (Å²) in [6.07, 6.45) is 6.51. The van der Waals surface area contributed by atoms with Crippen molar-refractivity contribution in [3.05, 3.63) is 42.5 Å². The average Bonchev–Trinajstić information content (AvgIpc) is 3.36. The third-order valence-corrected chi connectivity index (χ3v) is 6.20. The van der Waals surface area contributed by atoms with Gasteiger partial charge in [-0.2, -0.15) is 0 Å². The minimum Gasteiger partial charge on any atom is -0.494 e. The molecule has 3 N–H and O–H groups in total. The fourth-order valence-corrected chi connectivity index (χ4v) is 4.35. The van der Waals surface area contributed by atoms with Crippen molar-refractivity contribution in [3.8, 4) is 5.75 Å². The lowest BCUT2D eigenvalue weighted by Gasteiger charge is -2.20. The zero-order valence-electron chi connectivity index (χ0n) is 16.8. The first-order valence-corrected chi connectivity index (χ1v) is 10.6. The van der Waals surface area contributed by atoms with Gasteiger partial charge in [0.1, 0.15) is 5.75 Å². The number of hydrogen-bond donors (Lipinski definition) is 3. The van der Waals surface area contributed by atoms with Crippen molar-refractivity contribution in [2.45, 2.75) is 69.4 Å². The standard InChI is InChI=1S/C23H32O6/c1-16-10-11-17(7-5-6-14-28-18-8-3-2-4-9-18)19(16)15-21-20(29-21)12-13-23(26,27)22(24)25/h2-4,8-9,17,19-21,26-27H,1,5-7,10-15H2,(H,24,25)/t17-,19-,20?,21+/m0/s1. The Hall–Kier alpha value is -1.89. The molecule has 1 aliphatic carbocycles. The number of carboxylic acid groups (broad SMARTS) is 1. The number of unbranched alkanes of at least 4 members (excludes halogenated alkanes) is 1. The van der Waals surface area contributed by atoms with Crippen LogP contribution in [0.5, 0.6) is 5.75 Å². The van der Waals surface area contributed by atoms with Crippen LogP contribution in [0.1, 0.15) is 51.4 Å². The lowest BCUT2D eigenvalue weighted by molar-refractivity contribution is -0.205. The van der Waals surface area contributed by atoms with E-state index in [4.69, 9.17) is 14.6 Å². The zero-order valence-corrected chi connectivity index (χ0v) is 16.8. The molecule has 6 nitrogen and oxygen atoms in total. The summed E-state index contributed by atoms with van der Waals surface area (Å²) in [5.41, 5.74) is 1.29. The minimum atomic E-state index is -2.67. The maximum atomic E-state index is 10.8. The molecule has 0 radical (unpaired) electrons. The van der Waals surface area contributed by atoms with Crippen LogP contribution in [0.15, 0.2) is 42.5 Å². The molecular weight excluding hydrogens is 372 g/mol. The minimum absolute atomic E-state index is 0.0726. The van der Waals surface area contributed by atoms with Crippen LogP contribution in [-0.2, 0) is 9.53 Å². The Labute approximate surface area is 172 Å². The third kappa shape index (κ3) is 6.29. The van der Waals surface area contributed by atoms with Crippen molar-refractivity contribution < 1.29 is 29.6 Å². The molecule has 1 saturated carbocycles. The van der Waals surface area contributed by atoms with Crippen LogP contribution >= 0.6 is 0 Å². The number of aliphatic carboxylic acids is 1. The van der Waals surface area contributed by atoms with Gasteiger partial charge in [0, 0.05) is 6.42 Å². The summed E-state index contributed by atoms with van der Waals surface area (Å²) in [6, 6.07) is 9.86. The number of benzene rings is 1. The quantitative estimate of drug-likeness (QED) is 0.213. The Kier molecular flexibility index (Phi) is 7.33. The number of aliphatic hydroxyl groups is 2. The van der Waals surface area contributed by atoms with Gasteiger partial charge >= 0.3 is 5.97 Å². The Balaban J connectivity index is 1.35. The van der Waals surface area contributed by atoms with Crippen LogP contribution in [0, 0.1) is 11.8 Å². The van der Waals surface area contributed by atoms with Gasteiger partial charge in [-0.15, -0.1) is 0 Å². The molecule has 0 spiro atoms. The SMILES string of the molecule is C=C1CC[C@H](CCCCOc2ccccc2)[C@H]1C[C@H]1OC1CCC(O)(O)C(=O)O. The molecule has 0 aromatic heterocycles. The van der Waals surface area contributed by atoms with Gasteiger partial charge in [0.25, 0.3) is 5.79 Å². The van der Waals surface area contributed by atoms with E-state index in [9.17, 15) is 15.0 Å². The predicted molar refractivity (Wildman–Crippen MR) is 108 cm³/mol. The first-order chi connectivity index (χ1) is 13.9. The second-order valence-corrected chi connectivity index (χ2v) is 8.33. The Morgan fingerprint density at radius 3 is 2.66 bits per heavy atom. The molecule has 29 heavy (non-hydrogen) atoms. The van der Waals surface area contributed by atoms with E-state index in [-0.39, 0.29) is 18.6 Å². The molecule has 1 aliphatic heterocycles. The summed E-state index contributed by atoms with van der Waals surface area (Å²) >= 11 is 0. The van der Waals surface area contributed by atoms with Crippen molar-refractivity contribution in [3.63, 3.8) is 0 Å². The van der Waals surface area contributed by atoms with Crippen molar-refractivity contribution in [1.82, 2.24) is 0 Å². The smallest absolute Gasteiger partial charge is 0.364 e. The number of epoxide rings is 1. The van der Waals surface area contributed by atoms with Gasteiger partial charge in [-0.1, -0.05) is 30.4 Å². The van der Waals surface area contributed by atoms with E-state index < -0.39 is 11.8 Å². The highest BCUT2D eigenvalue weighted by Gasteiger charge is 2.45. The van der Waals surface area contributed by atoms with Crippen LogP contribution < -0.4 is 4.74 Å². The Bertz CT molecular complexity index is 686. The molecule has 1 aromatic carbocycles. The average molecular weight is 405 g/mol. The molecule has 6 heteroatoms. The molecule has 2 fully saturated rings. The summed E-state index contributed by atoms with van der Waals surface area (Å²) in [5.74, 6) is -2.33. The maximum Gasteiger partial charge on any atom is 0.364 e. The molecule has 4 atom stereocenters. The molecule has 0 bridgehead atoms. The molecule has 1 saturated heterocycles. The number of carboxylic acids is 1. The van der Waals surface area contributed by atoms with Gasteiger partial charge in [0.15, 0.2) is 0 Å².